The number of nitrogens with zero attached hydrogens (tertiary/aromatic N) is 1. The Morgan fingerprint density at radius 1 is 1.00 bits per heavy atom. The van der Waals surface area contributed by atoms with Crippen molar-refractivity contribution in [3.63, 3.8) is 0 Å². The highest BCUT2D eigenvalue weighted by Crippen LogP contribution is 2.32. The predicted octanol–water partition coefficient (Wildman–Crippen LogP) is 3.56. The summed E-state index contributed by atoms with van der Waals surface area (Å²) in [4.78, 5) is 15.2. The predicted molar refractivity (Wildman–Crippen MR) is 118 cm³/mol. The van der Waals surface area contributed by atoms with Crippen LogP contribution in [0.25, 0.3) is 0 Å². The van der Waals surface area contributed by atoms with Crippen molar-refractivity contribution in [2.45, 2.75) is 45.3 Å². The lowest BCUT2D eigenvalue weighted by Gasteiger charge is -2.27. The van der Waals surface area contributed by atoms with E-state index in [0.717, 1.165) is 12.3 Å². The summed E-state index contributed by atoms with van der Waals surface area (Å²) in [6.07, 6.45) is 3.92. The number of likely N-dealkylation sites (tertiary alicyclic amines) is 1. The molecule has 4 rings (SSSR count). The summed E-state index contributed by atoms with van der Waals surface area (Å²) in [5.41, 5.74) is 3.30. The minimum absolute atomic E-state index is 0.0693. The van der Waals surface area contributed by atoms with Gasteiger partial charge < -0.3 is 20.1 Å². The summed E-state index contributed by atoms with van der Waals surface area (Å²) in [6.45, 7) is 6.97. The van der Waals surface area contributed by atoms with E-state index in [1.807, 2.05) is 25.1 Å². The van der Waals surface area contributed by atoms with Gasteiger partial charge in [0.15, 0.2) is 11.5 Å². The maximum absolute atomic E-state index is 12.6. The van der Waals surface area contributed by atoms with Crippen molar-refractivity contribution in [3.05, 3.63) is 53.6 Å². The zero-order valence-electron chi connectivity index (χ0n) is 17.7. The van der Waals surface area contributed by atoms with Crippen LogP contribution in [0.2, 0.25) is 0 Å². The highest BCUT2D eigenvalue weighted by molar-refractivity contribution is 5.94. The van der Waals surface area contributed by atoms with Gasteiger partial charge in [-0.1, -0.05) is 30.7 Å². The Balaban J connectivity index is 1.32. The van der Waals surface area contributed by atoms with Gasteiger partial charge in [-0.05, 0) is 56.1 Å². The number of hydrogen-bond acceptors (Lipinski definition) is 5. The molecule has 0 saturated carbocycles. The van der Waals surface area contributed by atoms with Crippen LogP contribution in [0.5, 0.6) is 11.5 Å². The molecule has 1 amide bonds. The smallest absolute Gasteiger partial charge is 0.241 e. The minimum Gasteiger partial charge on any atom is -0.486 e. The van der Waals surface area contributed by atoms with Crippen molar-refractivity contribution < 1.29 is 14.3 Å². The number of anilines is 1. The van der Waals surface area contributed by atoms with Gasteiger partial charge in [0.1, 0.15) is 13.2 Å². The molecule has 2 aliphatic rings. The molecule has 6 nitrogen and oxygen atoms in total. The van der Waals surface area contributed by atoms with Gasteiger partial charge in [0.2, 0.25) is 5.91 Å². The molecular formula is C24H31N3O3. The van der Waals surface area contributed by atoms with Crippen molar-refractivity contribution in [1.29, 1.82) is 0 Å². The Morgan fingerprint density at radius 3 is 2.53 bits per heavy atom. The molecule has 0 spiro atoms. The van der Waals surface area contributed by atoms with Crippen molar-refractivity contribution in [2.75, 3.05) is 31.6 Å². The lowest BCUT2D eigenvalue weighted by molar-refractivity contribution is -0.117. The first-order chi connectivity index (χ1) is 14.7. The molecule has 0 bridgehead atoms. The highest BCUT2D eigenvalue weighted by atomic mass is 16.6. The molecular weight excluding hydrogens is 378 g/mol. The number of fused-ring (bicyclic) bond motifs is 1. The standard InChI is InChI=1S/C24H31N3O3/c1-18(24(28)26-21-9-10-22-23(15-21)30-14-13-29-22)25-16-19-7-3-4-8-20(19)17-27-11-5-2-6-12-27/h3-4,7-10,15,18,25H,2,5-6,11-14,16-17H2,1H3,(H,26,28). The second-order valence-electron chi connectivity index (χ2n) is 8.06. The van der Waals surface area contributed by atoms with Gasteiger partial charge in [0.05, 0.1) is 6.04 Å². The molecule has 0 radical (unpaired) electrons. The second-order valence-corrected chi connectivity index (χ2v) is 8.06. The van der Waals surface area contributed by atoms with E-state index in [4.69, 9.17) is 9.47 Å². The molecule has 30 heavy (non-hydrogen) atoms. The molecule has 2 heterocycles. The average molecular weight is 410 g/mol. The lowest BCUT2D eigenvalue weighted by Crippen LogP contribution is -2.38. The summed E-state index contributed by atoms with van der Waals surface area (Å²) >= 11 is 0. The molecule has 0 aliphatic carbocycles. The number of amides is 1. The van der Waals surface area contributed by atoms with E-state index >= 15 is 0 Å². The Kier molecular flexibility index (Phi) is 6.87. The van der Waals surface area contributed by atoms with Crippen LogP contribution >= 0.6 is 0 Å². The SMILES string of the molecule is CC(NCc1ccccc1CN1CCCCC1)C(=O)Nc1ccc2c(c1)OCCO2. The summed E-state index contributed by atoms with van der Waals surface area (Å²) in [5.74, 6) is 1.32. The molecule has 2 N–H and O–H groups in total. The van der Waals surface area contributed by atoms with Crippen LogP contribution in [0.15, 0.2) is 42.5 Å². The fourth-order valence-electron chi connectivity index (χ4n) is 3.97. The van der Waals surface area contributed by atoms with Gasteiger partial charge in [-0.2, -0.15) is 0 Å². The van der Waals surface area contributed by atoms with E-state index in [0.29, 0.717) is 31.2 Å². The van der Waals surface area contributed by atoms with E-state index in [2.05, 4.69) is 39.8 Å². The van der Waals surface area contributed by atoms with Gasteiger partial charge >= 0.3 is 0 Å². The van der Waals surface area contributed by atoms with Crippen molar-refractivity contribution in [2.24, 2.45) is 0 Å². The zero-order chi connectivity index (χ0) is 20.8. The van der Waals surface area contributed by atoms with E-state index < -0.39 is 0 Å². The number of benzene rings is 2. The first-order valence-electron chi connectivity index (χ1n) is 10.9. The Bertz CT molecular complexity index is 865. The van der Waals surface area contributed by atoms with Gasteiger partial charge in [0.25, 0.3) is 0 Å². The normalized spacial score (nSPS) is 17.4. The number of ether oxygens (including phenoxy) is 2. The van der Waals surface area contributed by atoms with E-state index in [9.17, 15) is 4.79 Å². The van der Waals surface area contributed by atoms with Gasteiger partial charge in [0, 0.05) is 24.8 Å². The van der Waals surface area contributed by atoms with Gasteiger partial charge in [-0.3, -0.25) is 9.69 Å². The van der Waals surface area contributed by atoms with Crippen molar-refractivity contribution in [3.8, 4) is 11.5 Å². The van der Waals surface area contributed by atoms with Crippen LogP contribution in [-0.4, -0.2) is 43.2 Å². The molecule has 6 heteroatoms. The van der Waals surface area contributed by atoms with Gasteiger partial charge in [-0.25, -0.2) is 0 Å². The minimum atomic E-state index is -0.318. The lowest BCUT2D eigenvalue weighted by atomic mass is 10.0. The van der Waals surface area contributed by atoms with Crippen LogP contribution in [0.1, 0.15) is 37.3 Å². The Hall–Kier alpha value is -2.57. The second kappa shape index (κ2) is 9.96. The number of rotatable bonds is 7. The molecule has 1 unspecified atom stereocenters. The summed E-state index contributed by atoms with van der Waals surface area (Å²) in [5, 5.41) is 6.34. The van der Waals surface area contributed by atoms with Crippen molar-refractivity contribution in [1.82, 2.24) is 10.2 Å². The molecule has 2 aromatic rings. The first kappa shape index (κ1) is 20.7. The zero-order valence-corrected chi connectivity index (χ0v) is 17.7. The number of hydrogen-bond donors (Lipinski definition) is 2. The first-order valence-corrected chi connectivity index (χ1v) is 10.9. The van der Waals surface area contributed by atoms with Crippen LogP contribution < -0.4 is 20.1 Å². The number of piperidine rings is 1. The summed E-state index contributed by atoms with van der Waals surface area (Å²) in [7, 11) is 0. The van der Waals surface area contributed by atoms with E-state index in [1.54, 1.807) is 0 Å². The van der Waals surface area contributed by atoms with Crippen LogP contribution in [-0.2, 0) is 17.9 Å². The fourth-order valence-corrected chi connectivity index (χ4v) is 3.97. The third-order valence-electron chi connectivity index (χ3n) is 5.76. The number of nitrogens with one attached hydrogen (secondary N) is 2. The molecule has 2 aromatic carbocycles. The number of carbonyl (C=O) groups is 1. The summed E-state index contributed by atoms with van der Waals surface area (Å²) < 4.78 is 11.1. The molecule has 0 aromatic heterocycles. The fraction of sp³-hybridized carbons (Fsp3) is 0.458. The molecule has 1 atom stereocenters. The maximum atomic E-state index is 12.6. The van der Waals surface area contributed by atoms with Crippen molar-refractivity contribution >= 4 is 11.6 Å². The quantitative estimate of drug-likeness (QED) is 0.732. The van der Waals surface area contributed by atoms with Crippen LogP contribution in [0.3, 0.4) is 0 Å². The molecule has 2 aliphatic heterocycles. The molecule has 160 valence electrons. The number of carbonyl (C=O) groups excluding carboxylic acids is 1. The van der Waals surface area contributed by atoms with E-state index in [1.165, 1.54) is 43.5 Å². The Morgan fingerprint density at radius 2 is 1.73 bits per heavy atom. The van der Waals surface area contributed by atoms with Crippen LogP contribution in [0, 0.1) is 0 Å². The molecule has 1 saturated heterocycles. The third-order valence-corrected chi connectivity index (χ3v) is 5.76. The Labute approximate surface area is 178 Å². The van der Waals surface area contributed by atoms with Crippen LogP contribution in [0.4, 0.5) is 5.69 Å². The van der Waals surface area contributed by atoms with Gasteiger partial charge in [-0.15, -0.1) is 0 Å². The largest absolute Gasteiger partial charge is 0.486 e. The third kappa shape index (κ3) is 5.32. The highest BCUT2D eigenvalue weighted by Gasteiger charge is 2.17. The topological polar surface area (TPSA) is 62.8 Å². The summed E-state index contributed by atoms with van der Waals surface area (Å²) in [6, 6.07) is 13.7. The average Bonchev–Trinajstić information content (AvgIpc) is 2.79. The monoisotopic (exact) mass is 409 g/mol. The maximum Gasteiger partial charge on any atom is 0.241 e. The molecule has 1 fully saturated rings. The van der Waals surface area contributed by atoms with E-state index in [-0.39, 0.29) is 11.9 Å².